The lowest BCUT2D eigenvalue weighted by atomic mass is 9.79. The highest BCUT2D eigenvalue weighted by Gasteiger charge is 2.42. The third-order valence-corrected chi connectivity index (χ3v) is 6.01. The van der Waals surface area contributed by atoms with Gasteiger partial charge in [-0.25, -0.2) is 0 Å². The van der Waals surface area contributed by atoms with Gasteiger partial charge < -0.3 is 14.8 Å². The number of likely N-dealkylation sites (tertiary alicyclic amines) is 1. The van der Waals surface area contributed by atoms with E-state index in [9.17, 15) is 4.79 Å². The van der Waals surface area contributed by atoms with E-state index in [0.717, 1.165) is 57.6 Å². The van der Waals surface area contributed by atoms with Crippen LogP contribution >= 0.6 is 0 Å². The minimum Gasteiger partial charge on any atom is -0.497 e. The molecule has 2 fully saturated rings. The summed E-state index contributed by atoms with van der Waals surface area (Å²) in [6.45, 7) is 4.57. The van der Waals surface area contributed by atoms with E-state index in [1.807, 2.05) is 13.0 Å². The molecule has 0 radical (unpaired) electrons. The molecule has 5 nitrogen and oxygen atoms in total. The van der Waals surface area contributed by atoms with Crippen molar-refractivity contribution < 1.29 is 14.3 Å². The number of ether oxygens (including phenoxy) is 2. The average molecular weight is 344 g/mol. The molecule has 0 bridgehead atoms. The molecule has 2 heterocycles. The topological polar surface area (TPSA) is 50.8 Å². The number of rotatable bonds is 4. The highest BCUT2D eigenvalue weighted by molar-refractivity contribution is 5.81. The van der Waals surface area contributed by atoms with Gasteiger partial charge in [-0.2, -0.15) is 0 Å². The molecule has 136 valence electrons. The summed E-state index contributed by atoms with van der Waals surface area (Å²) in [5, 5.41) is 3.12. The Hall–Kier alpha value is -1.59. The first-order chi connectivity index (χ1) is 12.1. The summed E-state index contributed by atoms with van der Waals surface area (Å²) in [5.74, 6) is 1.09. The Kier molecular flexibility index (Phi) is 4.46. The number of methoxy groups -OCH3 is 1. The van der Waals surface area contributed by atoms with E-state index in [2.05, 4.69) is 22.3 Å². The third kappa shape index (κ3) is 3.27. The van der Waals surface area contributed by atoms with Crippen molar-refractivity contribution in [2.45, 2.75) is 56.7 Å². The Bertz CT molecular complexity index is 648. The SMILES string of the molecule is COc1ccc2c(c1)CCOC21CCN(C(C)C(=O)NC2CC2)CC1. The van der Waals surface area contributed by atoms with E-state index in [4.69, 9.17) is 9.47 Å². The summed E-state index contributed by atoms with van der Waals surface area (Å²) in [6, 6.07) is 6.73. The number of carbonyl (C=O) groups is 1. The maximum absolute atomic E-state index is 12.3. The van der Waals surface area contributed by atoms with Crippen LogP contribution in [0.15, 0.2) is 18.2 Å². The van der Waals surface area contributed by atoms with Crippen LogP contribution in [0, 0.1) is 0 Å². The van der Waals surface area contributed by atoms with Crippen molar-refractivity contribution in [1.82, 2.24) is 10.2 Å². The third-order valence-electron chi connectivity index (χ3n) is 6.01. The fraction of sp³-hybridized carbons (Fsp3) is 0.650. The van der Waals surface area contributed by atoms with Crippen molar-refractivity contribution in [2.24, 2.45) is 0 Å². The first-order valence-corrected chi connectivity index (χ1v) is 9.47. The Morgan fingerprint density at radius 1 is 1.36 bits per heavy atom. The van der Waals surface area contributed by atoms with Crippen LogP contribution in [0.4, 0.5) is 0 Å². The molecule has 1 saturated heterocycles. The molecule has 1 unspecified atom stereocenters. The zero-order chi connectivity index (χ0) is 17.4. The Labute approximate surface area is 149 Å². The van der Waals surface area contributed by atoms with Crippen LogP contribution < -0.4 is 10.1 Å². The predicted octanol–water partition coefficient (Wildman–Crippen LogP) is 2.23. The van der Waals surface area contributed by atoms with Crippen molar-refractivity contribution in [3.63, 3.8) is 0 Å². The Morgan fingerprint density at radius 3 is 2.80 bits per heavy atom. The molecule has 5 heteroatoms. The van der Waals surface area contributed by atoms with Crippen LogP contribution in [-0.4, -0.2) is 49.7 Å². The first kappa shape index (κ1) is 16.9. The standard InChI is InChI=1S/C20H28N2O3/c1-14(19(23)21-16-3-4-16)22-10-8-20(9-11-22)18-6-5-17(24-2)13-15(18)7-12-25-20/h5-6,13-14,16H,3-4,7-12H2,1-2H3,(H,21,23). The molecule has 1 saturated carbocycles. The number of hydrogen-bond acceptors (Lipinski definition) is 4. The molecule has 1 amide bonds. The van der Waals surface area contributed by atoms with Gasteiger partial charge in [0.05, 0.1) is 25.4 Å². The molecule has 1 aromatic carbocycles. The van der Waals surface area contributed by atoms with E-state index in [1.165, 1.54) is 11.1 Å². The van der Waals surface area contributed by atoms with Gasteiger partial charge in [0.15, 0.2) is 0 Å². The van der Waals surface area contributed by atoms with Crippen molar-refractivity contribution in [2.75, 3.05) is 26.8 Å². The van der Waals surface area contributed by atoms with Crippen molar-refractivity contribution in [1.29, 1.82) is 0 Å². The van der Waals surface area contributed by atoms with Gasteiger partial charge in [-0.1, -0.05) is 6.07 Å². The van der Waals surface area contributed by atoms with Gasteiger partial charge >= 0.3 is 0 Å². The van der Waals surface area contributed by atoms with Gasteiger partial charge in [-0.3, -0.25) is 9.69 Å². The molecule has 1 atom stereocenters. The fourth-order valence-corrected chi connectivity index (χ4v) is 4.18. The largest absolute Gasteiger partial charge is 0.497 e. The first-order valence-electron chi connectivity index (χ1n) is 9.47. The van der Waals surface area contributed by atoms with Gasteiger partial charge in [-0.05, 0) is 62.3 Å². The number of fused-ring (bicyclic) bond motifs is 2. The average Bonchev–Trinajstić information content (AvgIpc) is 3.45. The van der Waals surface area contributed by atoms with Gasteiger partial charge in [0, 0.05) is 19.1 Å². The number of carbonyl (C=O) groups excluding carboxylic acids is 1. The van der Waals surface area contributed by atoms with Gasteiger partial charge in [0.1, 0.15) is 5.75 Å². The summed E-state index contributed by atoms with van der Waals surface area (Å²) >= 11 is 0. The van der Waals surface area contributed by atoms with Crippen LogP contribution in [0.3, 0.4) is 0 Å². The maximum Gasteiger partial charge on any atom is 0.237 e. The molecule has 25 heavy (non-hydrogen) atoms. The van der Waals surface area contributed by atoms with E-state index in [1.54, 1.807) is 7.11 Å². The van der Waals surface area contributed by atoms with E-state index < -0.39 is 0 Å². The lowest BCUT2D eigenvalue weighted by Gasteiger charge is -2.46. The summed E-state index contributed by atoms with van der Waals surface area (Å²) in [6.07, 6.45) is 5.09. The van der Waals surface area contributed by atoms with Crippen LogP contribution in [0.5, 0.6) is 5.75 Å². The highest BCUT2D eigenvalue weighted by Crippen LogP contribution is 2.42. The number of hydrogen-bond donors (Lipinski definition) is 1. The van der Waals surface area contributed by atoms with E-state index >= 15 is 0 Å². The van der Waals surface area contributed by atoms with Crippen molar-refractivity contribution >= 4 is 5.91 Å². The molecule has 4 rings (SSSR count). The zero-order valence-electron chi connectivity index (χ0n) is 15.2. The summed E-state index contributed by atoms with van der Waals surface area (Å²) in [7, 11) is 1.71. The molecule has 1 aromatic rings. The van der Waals surface area contributed by atoms with Crippen molar-refractivity contribution in [3.8, 4) is 5.75 Å². The summed E-state index contributed by atoms with van der Waals surface area (Å²) in [5.41, 5.74) is 2.47. The second kappa shape index (κ2) is 6.61. The maximum atomic E-state index is 12.3. The monoisotopic (exact) mass is 344 g/mol. The van der Waals surface area contributed by atoms with Gasteiger partial charge in [-0.15, -0.1) is 0 Å². The minimum atomic E-state index is -0.191. The number of nitrogens with zero attached hydrogens (tertiary/aromatic N) is 1. The van der Waals surface area contributed by atoms with Gasteiger partial charge in [0.2, 0.25) is 5.91 Å². The molecule has 3 aliphatic rings. The molecule has 1 spiro atoms. The minimum absolute atomic E-state index is 0.0584. The lowest BCUT2D eigenvalue weighted by molar-refractivity contribution is -0.131. The molecule has 2 aliphatic heterocycles. The fourth-order valence-electron chi connectivity index (χ4n) is 4.18. The predicted molar refractivity (Wildman–Crippen MR) is 95.8 cm³/mol. The second-order valence-corrected chi connectivity index (χ2v) is 7.61. The van der Waals surface area contributed by atoms with Crippen molar-refractivity contribution in [3.05, 3.63) is 29.3 Å². The quantitative estimate of drug-likeness (QED) is 0.910. The van der Waals surface area contributed by atoms with Crippen LogP contribution in [0.25, 0.3) is 0 Å². The molecular weight excluding hydrogens is 316 g/mol. The molecular formula is C20H28N2O3. The smallest absolute Gasteiger partial charge is 0.237 e. The summed E-state index contributed by atoms with van der Waals surface area (Å²) in [4.78, 5) is 14.6. The molecule has 0 aromatic heterocycles. The Balaban J connectivity index is 1.45. The van der Waals surface area contributed by atoms with Crippen LogP contribution in [0.2, 0.25) is 0 Å². The van der Waals surface area contributed by atoms with Gasteiger partial charge in [0.25, 0.3) is 0 Å². The number of piperidine rings is 1. The number of amides is 1. The van der Waals surface area contributed by atoms with Crippen LogP contribution in [-0.2, 0) is 21.6 Å². The van der Waals surface area contributed by atoms with E-state index in [-0.39, 0.29) is 17.6 Å². The zero-order valence-corrected chi connectivity index (χ0v) is 15.2. The van der Waals surface area contributed by atoms with E-state index in [0.29, 0.717) is 6.04 Å². The number of benzene rings is 1. The Morgan fingerprint density at radius 2 is 2.12 bits per heavy atom. The number of nitrogens with one attached hydrogen (secondary N) is 1. The molecule has 1 aliphatic carbocycles. The summed E-state index contributed by atoms with van der Waals surface area (Å²) < 4.78 is 11.7. The molecule has 1 N–H and O–H groups in total. The second-order valence-electron chi connectivity index (χ2n) is 7.61. The lowest BCUT2D eigenvalue weighted by Crippen LogP contribution is -2.53. The van der Waals surface area contributed by atoms with Crippen LogP contribution in [0.1, 0.15) is 43.7 Å². The normalized spacial score (nSPS) is 23.8. The highest BCUT2D eigenvalue weighted by atomic mass is 16.5.